The van der Waals surface area contributed by atoms with Crippen molar-refractivity contribution in [2.75, 3.05) is 16.9 Å². The van der Waals surface area contributed by atoms with Crippen LogP contribution >= 0.6 is 11.6 Å². The first-order chi connectivity index (χ1) is 8.76. The van der Waals surface area contributed by atoms with Gasteiger partial charge in [-0.05, 0) is 19.8 Å². The van der Waals surface area contributed by atoms with Crippen LogP contribution in [0.15, 0.2) is 6.20 Å². The highest BCUT2D eigenvalue weighted by molar-refractivity contribution is 6.32. The summed E-state index contributed by atoms with van der Waals surface area (Å²) in [5, 5.41) is 0.585. The van der Waals surface area contributed by atoms with Crippen LogP contribution in [0.5, 0.6) is 0 Å². The van der Waals surface area contributed by atoms with E-state index in [1.807, 2.05) is 0 Å². The fourth-order valence-electron chi connectivity index (χ4n) is 2.60. The summed E-state index contributed by atoms with van der Waals surface area (Å²) in [6, 6.07) is 0.529. The van der Waals surface area contributed by atoms with Gasteiger partial charge in [-0.3, -0.25) is 5.43 Å². The summed E-state index contributed by atoms with van der Waals surface area (Å²) in [4.78, 5) is 10.7. The normalized spacial score (nSPS) is 16.6. The molecule has 3 N–H and O–H groups in total. The van der Waals surface area contributed by atoms with Crippen molar-refractivity contribution in [3.63, 3.8) is 0 Å². The molecule has 2 rings (SSSR count). The first-order valence-electron chi connectivity index (χ1n) is 6.52. The van der Waals surface area contributed by atoms with Gasteiger partial charge in [0.2, 0.25) is 5.95 Å². The summed E-state index contributed by atoms with van der Waals surface area (Å²) >= 11 is 6.21. The van der Waals surface area contributed by atoms with E-state index in [1.165, 1.54) is 32.1 Å². The van der Waals surface area contributed by atoms with Crippen molar-refractivity contribution < 1.29 is 0 Å². The minimum absolute atomic E-state index is 0.406. The number of nitrogens with one attached hydrogen (secondary N) is 1. The lowest BCUT2D eigenvalue weighted by Crippen LogP contribution is -2.37. The first-order valence-corrected chi connectivity index (χ1v) is 6.89. The largest absolute Gasteiger partial charge is 0.353 e. The number of halogens is 1. The predicted octanol–water partition coefficient (Wildman–Crippen LogP) is 2.57. The molecule has 0 aliphatic heterocycles. The molecule has 1 heterocycles. The van der Waals surface area contributed by atoms with Gasteiger partial charge in [-0.1, -0.05) is 30.9 Å². The first kappa shape index (κ1) is 13.4. The van der Waals surface area contributed by atoms with Crippen LogP contribution < -0.4 is 16.2 Å². The van der Waals surface area contributed by atoms with E-state index in [2.05, 4.69) is 27.2 Å². The molecule has 0 radical (unpaired) electrons. The van der Waals surface area contributed by atoms with Crippen molar-refractivity contribution in [1.82, 2.24) is 9.97 Å². The predicted molar refractivity (Wildman–Crippen MR) is 74.7 cm³/mol. The van der Waals surface area contributed by atoms with Gasteiger partial charge in [0.25, 0.3) is 0 Å². The molecule has 0 bridgehead atoms. The fourth-order valence-corrected chi connectivity index (χ4v) is 2.80. The van der Waals surface area contributed by atoms with E-state index < -0.39 is 0 Å². The van der Waals surface area contributed by atoms with Gasteiger partial charge in [0.05, 0.1) is 6.20 Å². The molecule has 1 saturated carbocycles. The van der Waals surface area contributed by atoms with E-state index in [-0.39, 0.29) is 0 Å². The lowest BCUT2D eigenvalue weighted by molar-refractivity contribution is 0.416. The van der Waals surface area contributed by atoms with Gasteiger partial charge in [0.1, 0.15) is 5.02 Å². The molecular weight excluding hydrogens is 250 g/mol. The molecule has 0 atom stereocenters. The summed E-state index contributed by atoms with van der Waals surface area (Å²) in [7, 11) is 0. The molecule has 0 amide bonds. The lowest BCUT2D eigenvalue weighted by Gasteiger charge is -2.34. The Morgan fingerprint density at radius 1 is 1.44 bits per heavy atom. The van der Waals surface area contributed by atoms with Gasteiger partial charge in [-0.15, -0.1) is 0 Å². The van der Waals surface area contributed by atoms with Gasteiger partial charge in [0, 0.05) is 12.6 Å². The van der Waals surface area contributed by atoms with Crippen LogP contribution in [0.4, 0.5) is 11.8 Å². The Morgan fingerprint density at radius 3 is 2.78 bits per heavy atom. The fraction of sp³-hybridized carbons (Fsp3) is 0.667. The van der Waals surface area contributed by atoms with Gasteiger partial charge >= 0.3 is 0 Å². The quantitative estimate of drug-likeness (QED) is 0.650. The van der Waals surface area contributed by atoms with Crippen LogP contribution in [0.1, 0.15) is 39.0 Å². The average Bonchev–Trinajstić information content (AvgIpc) is 2.43. The second-order valence-corrected chi connectivity index (χ2v) is 4.99. The van der Waals surface area contributed by atoms with Crippen molar-refractivity contribution in [3.8, 4) is 0 Å². The molecule has 18 heavy (non-hydrogen) atoms. The van der Waals surface area contributed by atoms with Crippen LogP contribution in [0.3, 0.4) is 0 Å². The second-order valence-electron chi connectivity index (χ2n) is 4.59. The number of hydrogen-bond donors (Lipinski definition) is 2. The second kappa shape index (κ2) is 6.20. The molecule has 0 saturated heterocycles. The third kappa shape index (κ3) is 2.84. The number of hydrazine groups is 1. The van der Waals surface area contributed by atoms with E-state index in [9.17, 15) is 0 Å². The minimum Gasteiger partial charge on any atom is -0.353 e. The summed E-state index contributed by atoms with van der Waals surface area (Å²) < 4.78 is 0. The molecule has 1 aromatic heterocycles. The van der Waals surface area contributed by atoms with Crippen LogP contribution in [-0.2, 0) is 0 Å². The smallest absolute Gasteiger partial charge is 0.239 e. The molecular formula is C12H20ClN5. The monoisotopic (exact) mass is 269 g/mol. The lowest BCUT2D eigenvalue weighted by atomic mass is 9.94. The third-order valence-electron chi connectivity index (χ3n) is 3.48. The van der Waals surface area contributed by atoms with E-state index in [4.69, 9.17) is 17.4 Å². The SMILES string of the molecule is CCN(c1nc(NN)ncc1Cl)C1CCCCC1. The molecule has 100 valence electrons. The zero-order valence-electron chi connectivity index (χ0n) is 10.7. The number of nitrogens with two attached hydrogens (primary N) is 1. The molecule has 1 aliphatic carbocycles. The highest BCUT2D eigenvalue weighted by Crippen LogP contribution is 2.30. The minimum atomic E-state index is 0.406. The highest BCUT2D eigenvalue weighted by atomic mass is 35.5. The maximum absolute atomic E-state index is 6.21. The van der Waals surface area contributed by atoms with Gasteiger partial charge < -0.3 is 4.90 Å². The van der Waals surface area contributed by atoms with E-state index in [1.54, 1.807) is 6.20 Å². The Kier molecular flexibility index (Phi) is 4.60. The average molecular weight is 270 g/mol. The van der Waals surface area contributed by atoms with Gasteiger partial charge in [-0.2, -0.15) is 4.98 Å². The number of nitrogens with zero attached hydrogens (tertiary/aromatic N) is 3. The molecule has 0 aromatic carbocycles. The summed E-state index contributed by atoms with van der Waals surface area (Å²) in [6.45, 7) is 3.02. The Hall–Kier alpha value is -1.07. The molecule has 1 fully saturated rings. The zero-order chi connectivity index (χ0) is 13.0. The van der Waals surface area contributed by atoms with Crippen molar-refractivity contribution in [1.29, 1.82) is 0 Å². The van der Waals surface area contributed by atoms with Gasteiger partial charge in [0.15, 0.2) is 5.82 Å². The van der Waals surface area contributed by atoms with Crippen LogP contribution in [0.2, 0.25) is 5.02 Å². The summed E-state index contributed by atoms with van der Waals surface area (Å²) in [6.07, 6.45) is 7.92. The van der Waals surface area contributed by atoms with Crippen LogP contribution in [-0.4, -0.2) is 22.6 Å². The van der Waals surface area contributed by atoms with Crippen molar-refractivity contribution in [2.24, 2.45) is 5.84 Å². The molecule has 0 unspecified atom stereocenters. The van der Waals surface area contributed by atoms with E-state index in [0.717, 1.165) is 12.4 Å². The van der Waals surface area contributed by atoms with E-state index >= 15 is 0 Å². The molecule has 0 spiro atoms. The highest BCUT2D eigenvalue weighted by Gasteiger charge is 2.23. The molecule has 1 aromatic rings. The number of aromatic nitrogens is 2. The van der Waals surface area contributed by atoms with Crippen molar-refractivity contribution in [3.05, 3.63) is 11.2 Å². The van der Waals surface area contributed by atoms with Crippen LogP contribution in [0, 0.1) is 0 Å². The Morgan fingerprint density at radius 2 is 2.17 bits per heavy atom. The summed E-state index contributed by atoms with van der Waals surface area (Å²) in [5.41, 5.74) is 2.47. The summed E-state index contributed by atoms with van der Waals surface area (Å²) in [5.74, 6) is 6.54. The Bertz CT molecular complexity index is 392. The van der Waals surface area contributed by atoms with Crippen molar-refractivity contribution in [2.45, 2.75) is 45.1 Å². The van der Waals surface area contributed by atoms with Crippen LogP contribution in [0.25, 0.3) is 0 Å². The number of anilines is 2. The molecule has 1 aliphatic rings. The number of nitrogen functional groups attached to an aromatic ring is 1. The maximum Gasteiger partial charge on any atom is 0.239 e. The van der Waals surface area contributed by atoms with Crippen molar-refractivity contribution >= 4 is 23.4 Å². The standard InChI is InChI=1S/C12H20ClN5/c1-2-18(9-6-4-3-5-7-9)11-10(13)8-15-12(16-11)17-14/h8-9H,2-7,14H2,1H3,(H,15,16,17). The Labute approximate surface area is 113 Å². The topological polar surface area (TPSA) is 67.1 Å². The molecule has 6 heteroatoms. The van der Waals surface area contributed by atoms with Gasteiger partial charge in [-0.25, -0.2) is 10.8 Å². The zero-order valence-corrected chi connectivity index (χ0v) is 11.5. The number of hydrogen-bond acceptors (Lipinski definition) is 5. The number of rotatable bonds is 4. The third-order valence-corrected chi connectivity index (χ3v) is 3.75. The van der Waals surface area contributed by atoms with E-state index in [0.29, 0.717) is 17.0 Å². The molecule has 5 nitrogen and oxygen atoms in total. The maximum atomic E-state index is 6.21. The Balaban J connectivity index is 2.25.